The number of aromatic nitrogens is 4. The van der Waals surface area contributed by atoms with Crippen LogP contribution in [0, 0.1) is 13.8 Å². The maximum Gasteiger partial charge on any atom is 0.194 e. The van der Waals surface area contributed by atoms with E-state index >= 15 is 0 Å². The highest BCUT2D eigenvalue weighted by atomic mass is 32.1. The average molecular weight is 289 g/mol. The van der Waals surface area contributed by atoms with E-state index in [-0.39, 0.29) is 0 Å². The number of imidazole rings is 2. The molecule has 0 aliphatic heterocycles. The topological polar surface area (TPSA) is 58.0 Å². The van der Waals surface area contributed by atoms with Crippen LogP contribution >= 0.6 is 11.3 Å². The summed E-state index contributed by atoms with van der Waals surface area (Å²) in [5.41, 5.74) is 3.66. The molecular weight excluding hydrogens is 270 g/mol. The molecule has 3 aromatic rings. The van der Waals surface area contributed by atoms with Gasteiger partial charge in [0.25, 0.3) is 0 Å². The molecule has 0 saturated carbocycles. The molecule has 3 aromatic heterocycles. The van der Waals surface area contributed by atoms with Crippen molar-refractivity contribution in [3.8, 4) is 0 Å². The molecule has 0 radical (unpaired) electrons. The van der Waals surface area contributed by atoms with Crippen LogP contribution in [0.2, 0.25) is 0 Å². The third-order valence-corrected chi connectivity index (χ3v) is 4.39. The Morgan fingerprint density at radius 2 is 2.30 bits per heavy atom. The molecule has 0 saturated heterocycles. The van der Waals surface area contributed by atoms with Crippen LogP contribution in [0.15, 0.2) is 17.8 Å². The zero-order chi connectivity index (χ0) is 13.9. The van der Waals surface area contributed by atoms with Gasteiger partial charge in [0.15, 0.2) is 4.96 Å². The first-order valence-corrected chi connectivity index (χ1v) is 7.74. The molecule has 0 atom stereocenters. The largest absolute Gasteiger partial charge is 0.349 e. The van der Waals surface area contributed by atoms with E-state index in [2.05, 4.69) is 43.9 Å². The summed E-state index contributed by atoms with van der Waals surface area (Å²) in [6, 6.07) is 0. The highest BCUT2D eigenvalue weighted by Crippen LogP contribution is 2.20. The standard InChI is InChI=1S/C14H19N5S/c1-10-9-20-14-18-11(2)12(19(10)14)8-15-5-3-4-13-16-6-7-17-13/h6-7,9,15H,3-5,8H2,1-2H3,(H,16,17). The number of nitrogens with one attached hydrogen (secondary N) is 2. The van der Waals surface area contributed by atoms with Gasteiger partial charge >= 0.3 is 0 Å². The molecule has 0 aromatic carbocycles. The lowest BCUT2D eigenvalue weighted by Crippen LogP contribution is -2.17. The van der Waals surface area contributed by atoms with Gasteiger partial charge in [0.2, 0.25) is 0 Å². The van der Waals surface area contributed by atoms with Gasteiger partial charge < -0.3 is 10.3 Å². The van der Waals surface area contributed by atoms with E-state index in [1.807, 2.05) is 6.20 Å². The third-order valence-electron chi connectivity index (χ3n) is 3.44. The first kappa shape index (κ1) is 13.3. The van der Waals surface area contributed by atoms with Crippen LogP contribution in [0.5, 0.6) is 0 Å². The zero-order valence-electron chi connectivity index (χ0n) is 11.8. The summed E-state index contributed by atoms with van der Waals surface area (Å²) < 4.78 is 2.25. The van der Waals surface area contributed by atoms with Crippen molar-refractivity contribution in [3.05, 3.63) is 40.7 Å². The fourth-order valence-corrected chi connectivity index (χ4v) is 3.33. The smallest absolute Gasteiger partial charge is 0.194 e. The Labute approximate surface area is 122 Å². The molecule has 0 aliphatic rings. The first-order valence-electron chi connectivity index (χ1n) is 6.86. The van der Waals surface area contributed by atoms with Crippen molar-refractivity contribution in [1.82, 2.24) is 24.7 Å². The molecule has 3 heterocycles. The predicted molar refractivity (Wildman–Crippen MR) is 81.2 cm³/mol. The summed E-state index contributed by atoms with van der Waals surface area (Å²) in [6.45, 7) is 6.06. The van der Waals surface area contributed by atoms with Gasteiger partial charge in [0.05, 0.1) is 11.4 Å². The van der Waals surface area contributed by atoms with Crippen molar-refractivity contribution in [2.75, 3.05) is 6.54 Å². The molecule has 3 rings (SSSR count). The number of fused-ring (bicyclic) bond motifs is 1. The van der Waals surface area contributed by atoms with Crippen LogP contribution < -0.4 is 5.32 Å². The molecule has 0 amide bonds. The molecule has 0 aliphatic carbocycles. The summed E-state index contributed by atoms with van der Waals surface area (Å²) >= 11 is 1.70. The summed E-state index contributed by atoms with van der Waals surface area (Å²) in [4.78, 5) is 13.0. The lowest BCUT2D eigenvalue weighted by atomic mass is 10.3. The van der Waals surface area contributed by atoms with Gasteiger partial charge in [-0.1, -0.05) is 0 Å². The monoisotopic (exact) mass is 289 g/mol. The maximum absolute atomic E-state index is 4.60. The van der Waals surface area contributed by atoms with Crippen molar-refractivity contribution in [3.63, 3.8) is 0 Å². The van der Waals surface area contributed by atoms with Gasteiger partial charge in [0.1, 0.15) is 5.82 Å². The summed E-state index contributed by atoms with van der Waals surface area (Å²) in [7, 11) is 0. The number of nitrogens with zero attached hydrogens (tertiary/aromatic N) is 3. The molecule has 2 N–H and O–H groups in total. The predicted octanol–water partition coefficient (Wildman–Crippen LogP) is 2.46. The normalized spacial score (nSPS) is 11.5. The van der Waals surface area contributed by atoms with Crippen LogP contribution in [0.3, 0.4) is 0 Å². The molecule has 0 spiro atoms. The van der Waals surface area contributed by atoms with E-state index in [0.717, 1.165) is 42.4 Å². The Hall–Kier alpha value is -1.66. The zero-order valence-corrected chi connectivity index (χ0v) is 12.6. The Balaban J connectivity index is 1.54. The molecule has 5 nitrogen and oxygen atoms in total. The molecular formula is C14H19N5S. The van der Waals surface area contributed by atoms with E-state index in [1.165, 1.54) is 11.4 Å². The second kappa shape index (κ2) is 5.76. The Kier molecular flexibility index (Phi) is 3.84. The minimum Gasteiger partial charge on any atom is -0.349 e. The first-order chi connectivity index (χ1) is 9.75. The Bertz CT molecular complexity index is 680. The lowest BCUT2D eigenvalue weighted by Gasteiger charge is -2.05. The van der Waals surface area contributed by atoms with Crippen molar-refractivity contribution >= 4 is 16.3 Å². The fraction of sp³-hybridized carbons (Fsp3) is 0.429. The Morgan fingerprint density at radius 1 is 1.40 bits per heavy atom. The van der Waals surface area contributed by atoms with Gasteiger partial charge in [0, 0.05) is 36.4 Å². The van der Waals surface area contributed by atoms with E-state index < -0.39 is 0 Å². The number of hydrogen-bond acceptors (Lipinski definition) is 4. The highest BCUT2D eigenvalue weighted by molar-refractivity contribution is 7.15. The number of rotatable bonds is 6. The van der Waals surface area contributed by atoms with Gasteiger partial charge in [-0.3, -0.25) is 4.40 Å². The van der Waals surface area contributed by atoms with Gasteiger partial charge in [-0.05, 0) is 26.8 Å². The molecule has 0 unspecified atom stereocenters. The van der Waals surface area contributed by atoms with Crippen LogP contribution in [0.4, 0.5) is 0 Å². The Morgan fingerprint density at radius 3 is 3.10 bits per heavy atom. The van der Waals surface area contributed by atoms with E-state index in [4.69, 9.17) is 0 Å². The number of H-pyrrole nitrogens is 1. The number of aryl methyl sites for hydroxylation is 3. The minimum atomic E-state index is 0.864. The van der Waals surface area contributed by atoms with Crippen LogP contribution in [-0.2, 0) is 13.0 Å². The molecule has 20 heavy (non-hydrogen) atoms. The second-order valence-electron chi connectivity index (χ2n) is 4.96. The average Bonchev–Trinajstić information content (AvgIpc) is 3.11. The van der Waals surface area contributed by atoms with Crippen molar-refractivity contribution in [1.29, 1.82) is 0 Å². The van der Waals surface area contributed by atoms with Gasteiger partial charge in [-0.25, -0.2) is 9.97 Å². The minimum absolute atomic E-state index is 0.864. The lowest BCUT2D eigenvalue weighted by molar-refractivity contribution is 0.628. The maximum atomic E-state index is 4.60. The molecule has 0 fully saturated rings. The van der Waals surface area contributed by atoms with Crippen molar-refractivity contribution in [2.45, 2.75) is 33.2 Å². The third kappa shape index (κ3) is 2.62. The van der Waals surface area contributed by atoms with E-state index in [1.54, 1.807) is 17.5 Å². The molecule has 0 bridgehead atoms. The number of hydrogen-bond donors (Lipinski definition) is 2. The van der Waals surface area contributed by atoms with Gasteiger partial charge in [-0.15, -0.1) is 11.3 Å². The highest BCUT2D eigenvalue weighted by Gasteiger charge is 2.11. The molecule has 106 valence electrons. The van der Waals surface area contributed by atoms with Crippen LogP contribution in [0.1, 0.15) is 29.3 Å². The summed E-state index contributed by atoms with van der Waals surface area (Å²) in [5, 5.41) is 5.66. The summed E-state index contributed by atoms with van der Waals surface area (Å²) in [6.07, 6.45) is 5.73. The fourth-order valence-electron chi connectivity index (χ4n) is 2.40. The van der Waals surface area contributed by atoms with Gasteiger partial charge in [-0.2, -0.15) is 0 Å². The van der Waals surface area contributed by atoms with Crippen molar-refractivity contribution in [2.24, 2.45) is 0 Å². The van der Waals surface area contributed by atoms with Crippen LogP contribution in [-0.4, -0.2) is 25.9 Å². The van der Waals surface area contributed by atoms with E-state index in [9.17, 15) is 0 Å². The number of aromatic amines is 1. The SMILES string of the molecule is Cc1nc2scc(C)n2c1CNCCCc1ncc[nH]1. The quantitative estimate of drug-likeness (QED) is 0.685. The van der Waals surface area contributed by atoms with Crippen LogP contribution in [0.25, 0.3) is 4.96 Å². The number of thiazole rings is 1. The summed E-state index contributed by atoms with van der Waals surface area (Å²) in [5.74, 6) is 1.06. The molecule has 6 heteroatoms. The van der Waals surface area contributed by atoms with E-state index in [0.29, 0.717) is 0 Å². The van der Waals surface area contributed by atoms with Crippen molar-refractivity contribution < 1.29 is 0 Å². The second-order valence-corrected chi connectivity index (χ2v) is 5.79.